The van der Waals surface area contributed by atoms with Crippen LogP contribution in [0.25, 0.3) is 0 Å². The first kappa shape index (κ1) is 15.3. The monoisotopic (exact) mass is 302 g/mol. The maximum atomic E-state index is 12.7. The number of amides is 1. The summed E-state index contributed by atoms with van der Waals surface area (Å²) in [5, 5.41) is 0. The number of carbonyl (C=O) groups is 1. The van der Waals surface area contributed by atoms with Gasteiger partial charge in [-0.05, 0) is 31.9 Å². The Morgan fingerprint density at radius 1 is 1.18 bits per heavy atom. The van der Waals surface area contributed by atoms with Gasteiger partial charge in [0.2, 0.25) is 5.91 Å². The molecule has 1 aromatic rings. The maximum Gasteiger partial charge on any atom is 0.227 e. The molecule has 2 atom stereocenters. The SMILES string of the molecule is CCOC[C@@H]1CCN(C(=O)[C@H]2CCN(c3ccccc3)C2)C1. The minimum Gasteiger partial charge on any atom is -0.381 e. The standard InChI is InChI=1S/C18H26N2O2/c1-2-22-14-15-8-10-20(12-15)18(21)16-9-11-19(13-16)17-6-4-3-5-7-17/h3-7,15-16H,2,8-14H2,1H3/t15-,16+/m1/s1. The van der Waals surface area contributed by atoms with Crippen molar-refractivity contribution in [2.24, 2.45) is 11.8 Å². The number of likely N-dealkylation sites (tertiary alicyclic amines) is 1. The third-order valence-electron chi connectivity index (χ3n) is 4.81. The predicted molar refractivity (Wildman–Crippen MR) is 87.9 cm³/mol. The third-order valence-corrected chi connectivity index (χ3v) is 4.81. The van der Waals surface area contributed by atoms with Gasteiger partial charge in [0.05, 0.1) is 12.5 Å². The van der Waals surface area contributed by atoms with E-state index in [0.717, 1.165) is 52.2 Å². The first-order valence-electron chi connectivity index (χ1n) is 8.44. The van der Waals surface area contributed by atoms with Gasteiger partial charge in [-0.15, -0.1) is 0 Å². The third kappa shape index (κ3) is 3.43. The molecule has 0 aliphatic carbocycles. The normalized spacial score (nSPS) is 25.0. The molecule has 120 valence electrons. The van der Waals surface area contributed by atoms with Crippen LogP contribution in [0.4, 0.5) is 5.69 Å². The van der Waals surface area contributed by atoms with Crippen molar-refractivity contribution >= 4 is 11.6 Å². The Kier molecular flexibility index (Phi) is 4.98. The van der Waals surface area contributed by atoms with Gasteiger partial charge in [-0.25, -0.2) is 0 Å². The van der Waals surface area contributed by atoms with Crippen LogP contribution in [0.3, 0.4) is 0 Å². The fraction of sp³-hybridized carbons (Fsp3) is 0.611. The van der Waals surface area contributed by atoms with Gasteiger partial charge >= 0.3 is 0 Å². The second kappa shape index (κ2) is 7.14. The number of anilines is 1. The van der Waals surface area contributed by atoms with Gasteiger partial charge in [-0.2, -0.15) is 0 Å². The lowest BCUT2D eigenvalue weighted by atomic mass is 10.1. The van der Waals surface area contributed by atoms with Crippen molar-refractivity contribution in [2.75, 3.05) is 44.3 Å². The maximum absolute atomic E-state index is 12.7. The lowest BCUT2D eigenvalue weighted by Crippen LogP contribution is -2.36. The van der Waals surface area contributed by atoms with Crippen LogP contribution in [0.2, 0.25) is 0 Å². The highest BCUT2D eigenvalue weighted by atomic mass is 16.5. The van der Waals surface area contributed by atoms with Crippen molar-refractivity contribution in [3.05, 3.63) is 30.3 Å². The van der Waals surface area contributed by atoms with Crippen molar-refractivity contribution in [3.63, 3.8) is 0 Å². The molecule has 2 heterocycles. The largest absolute Gasteiger partial charge is 0.381 e. The number of carbonyl (C=O) groups excluding carboxylic acids is 1. The number of benzene rings is 1. The smallest absolute Gasteiger partial charge is 0.227 e. The molecular formula is C18H26N2O2. The summed E-state index contributed by atoms with van der Waals surface area (Å²) in [5.41, 5.74) is 1.23. The van der Waals surface area contributed by atoms with Gasteiger partial charge in [-0.3, -0.25) is 4.79 Å². The van der Waals surface area contributed by atoms with E-state index in [9.17, 15) is 4.79 Å². The molecule has 1 amide bonds. The Morgan fingerprint density at radius 3 is 2.77 bits per heavy atom. The molecule has 0 saturated carbocycles. The molecule has 0 aromatic heterocycles. The Morgan fingerprint density at radius 2 is 2.00 bits per heavy atom. The van der Waals surface area contributed by atoms with Crippen LogP contribution in [-0.2, 0) is 9.53 Å². The first-order chi connectivity index (χ1) is 10.8. The molecule has 0 unspecified atom stereocenters. The zero-order chi connectivity index (χ0) is 15.4. The van der Waals surface area contributed by atoms with Crippen LogP contribution in [0.1, 0.15) is 19.8 Å². The quantitative estimate of drug-likeness (QED) is 0.837. The second-order valence-corrected chi connectivity index (χ2v) is 6.37. The number of para-hydroxylation sites is 1. The molecule has 0 spiro atoms. The van der Waals surface area contributed by atoms with E-state index in [4.69, 9.17) is 4.74 Å². The molecule has 4 nitrogen and oxygen atoms in total. The minimum atomic E-state index is 0.158. The van der Waals surface area contributed by atoms with Gasteiger partial charge in [0.15, 0.2) is 0 Å². The molecule has 0 N–H and O–H groups in total. The fourth-order valence-corrected chi connectivity index (χ4v) is 3.55. The summed E-state index contributed by atoms with van der Waals surface area (Å²) >= 11 is 0. The zero-order valence-corrected chi connectivity index (χ0v) is 13.4. The number of hydrogen-bond acceptors (Lipinski definition) is 3. The molecule has 0 bridgehead atoms. The molecule has 2 fully saturated rings. The Labute approximate surface area is 133 Å². The highest BCUT2D eigenvalue weighted by Gasteiger charge is 2.34. The van der Waals surface area contributed by atoms with Crippen molar-refractivity contribution < 1.29 is 9.53 Å². The van der Waals surface area contributed by atoms with Crippen molar-refractivity contribution in [1.82, 2.24) is 4.90 Å². The molecule has 2 aliphatic rings. The summed E-state index contributed by atoms with van der Waals surface area (Å²) in [6.45, 7) is 7.19. The molecule has 3 rings (SSSR count). The Hall–Kier alpha value is -1.55. The van der Waals surface area contributed by atoms with E-state index in [1.54, 1.807) is 0 Å². The van der Waals surface area contributed by atoms with Crippen molar-refractivity contribution in [2.45, 2.75) is 19.8 Å². The van der Waals surface area contributed by atoms with E-state index in [0.29, 0.717) is 11.8 Å². The molecule has 22 heavy (non-hydrogen) atoms. The Balaban J connectivity index is 1.52. The molecule has 2 saturated heterocycles. The summed E-state index contributed by atoms with van der Waals surface area (Å²) < 4.78 is 5.50. The van der Waals surface area contributed by atoms with Crippen LogP contribution >= 0.6 is 0 Å². The summed E-state index contributed by atoms with van der Waals surface area (Å²) in [7, 11) is 0. The zero-order valence-electron chi connectivity index (χ0n) is 13.4. The predicted octanol–water partition coefficient (Wildman–Crippen LogP) is 2.40. The average Bonchev–Trinajstić information content (AvgIpc) is 3.23. The molecular weight excluding hydrogens is 276 g/mol. The lowest BCUT2D eigenvalue weighted by Gasteiger charge is -2.22. The first-order valence-corrected chi connectivity index (χ1v) is 8.44. The van der Waals surface area contributed by atoms with E-state index in [-0.39, 0.29) is 5.92 Å². The van der Waals surface area contributed by atoms with E-state index in [1.807, 2.05) is 13.0 Å². The highest BCUT2D eigenvalue weighted by molar-refractivity contribution is 5.80. The minimum absolute atomic E-state index is 0.158. The number of rotatable bonds is 5. The number of ether oxygens (including phenoxy) is 1. The summed E-state index contributed by atoms with van der Waals surface area (Å²) in [6.07, 6.45) is 2.06. The fourth-order valence-electron chi connectivity index (χ4n) is 3.55. The molecule has 0 radical (unpaired) electrons. The lowest BCUT2D eigenvalue weighted by molar-refractivity contribution is -0.133. The van der Waals surface area contributed by atoms with Gasteiger partial charge in [-0.1, -0.05) is 18.2 Å². The van der Waals surface area contributed by atoms with Crippen LogP contribution < -0.4 is 4.90 Å². The van der Waals surface area contributed by atoms with Gasteiger partial charge in [0.25, 0.3) is 0 Å². The van der Waals surface area contributed by atoms with E-state index in [1.165, 1.54) is 5.69 Å². The van der Waals surface area contributed by atoms with Crippen LogP contribution in [0.15, 0.2) is 30.3 Å². The average molecular weight is 302 g/mol. The topological polar surface area (TPSA) is 32.8 Å². The van der Waals surface area contributed by atoms with Crippen LogP contribution in [0.5, 0.6) is 0 Å². The molecule has 4 heteroatoms. The number of nitrogens with zero attached hydrogens (tertiary/aromatic N) is 2. The van der Waals surface area contributed by atoms with E-state index in [2.05, 4.69) is 34.1 Å². The van der Waals surface area contributed by atoms with E-state index < -0.39 is 0 Å². The van der Waals surface area contributed by atoms with Crippen LogP contribution in [0, 0.1) is 11.8 Å². The molecule has 2 aliphatic heterocycles. The molecule has 1 aromatic carbocycles. The van der Waals surface area contributed by atoms with Gasteiger partial charge in [0, 0.05) is 44.4 Å². The van der Waals surface area contributed by atoms with Gasteiger partial charge in [0.1, 0.15) is 0 Å². The van der Waals surface area contributed by atoms with E-state index >= 15 is 0 Å². The summed E-state index contributed by atoms with van der Waals surface area (Å²) in [4.78, 5) is 17.1. The van der Waals surface area contributed by atoms with Crippen molar-refractivity contribution in [1.29, 1.82) is 0 Å². The van der Waals surface area contributed by atoms with Gasteiger partial charge < -0.3 is 14.5 Å². The highest BCUT2D eigenvalue weighted by Crippen LogP contribution is 2.27. The Bertz CT molecular complexity index is 491. The van der Waals surface area contributed by atoms with Crippen LogP contribution in [-0.4, -0.2) is 50.2 Å². The summed E-state index contributed by atoms with van der Waals surface area (Å²) in [5.74, 6) is 1.03. The number of hydrogen-bond donors (Lipinski definition) is 0. The second-order valence-electron chi connectivity index (χ2n) is 6.37. The summed E-state index contributed by atoms with van der Waals surface area (Å²) in [6, 6.07) is 10.4. The van der Waals surface area contributed by atoms with Crippen molar-refractivity contribution in [3.8, 4) is 0 Å².